The fourth-order valence-corrected chi connectivity index (χ4v) is 5.07. The molecule has 0 bridgehead atoms. The Morgan fingerprint density at radius 2 is 1.89 bits per heavy atom. The van der Waals surface area contributed by atoms with E-state index >= 15 is 0 Å². The molecule has 0 saturated carbocycles. The van der Waals surface area contributed by atoms with E-state index in [-0.39, 0.29) is 18.1 Å². The average Bonchev–Trinajstić information content (AvgIpc) is 3.19. The predicted octanol–water partition coefficient (Wildman–Crippen LogP) is 5.66. The number of alkyl halides is 5. The van der Waals surface area contributed by atoms with Crippen molar-refractivity contribution in [3.05, 3.63) is 58.9 Å². The monoisotopic (exact) mass is 529 g/mol. The number of nitrogens with zero attached hydrogens (tertiary/aromatic N) is 4. The van der Waals surface area contributed by atoms with Gasteiger partial charge in [-0.15, -0.1) is 11.3 Å². The molecule has 0 radical (unpaired) electrons. The molecule has 2 atom stereocenters. The van der Waals surface area contributed by atoms with Gasteiger partial charge in [-0.25, -0.2) is 28.1 Å². The molecule has 1 saturated heterocycles. The molecule has 1 amide bonds. The number of thiazole rings is 1. The van der Waals surface area contributed by atoms with E-state index in [2.05, 4.69) is 20.3 Å². The van der Waals surface area contributed by atoms with Crippen LogP contribution in [0.1, 0.15) is 34.5 Å². The maximum Gasteiger partial charge on any atom is 0.434 e. The number of likely N-dealkylation sites (tertiary alicyclic amines) is 1. The zero-order valence-corrected chi connectivity index (χ0v) is 19.9. The van der Waals surface area contributed by atoms with Crippen molar-refractivity contribution in [3.63, 3.8) is 0 Å². The molecule has 3 aromatic rings. The van der Waals surface area contributed by atoms with Crippen LogP contribution in [-0.2, 0) is 6.18 Å². The Morgan fingerprint density at radius 3 is 2.50 bits per heavy atom. The highest BCUT2D eigenvalue weighted by Gasteiger charge is 2.47. The molecule has 1 N–H and O–H groups in total. The Hall–Kier alpha value is -3.22. The van der Waals surface area contributed by atoms with Crippen LogP contribution in [0.25, 0.3) is 10.4 Å². The SMILES string of the molecule is Cc1nc(C(=O)N2CC(F)(F)CC(C)C2CNc2cnc(C(F)(F)F)cn2)c(-c2ccc(F)cc2)s1. The Morgan fingerprint density at radius 1 is 1.19 bits per heavy atom. The number of anilines is 1. The van der Waals surface area contributed by atoms with Crippen LogP contribution in [0.2, 0.25) is 0 Å². The van der Waals surface area contributed by atoms with Crippen LogP contribution in [-0.4, -0.2) is 50.8 Å². The number of carbonyl (C=O) groups is 1. The maximum absolute atomic E-state index is 14.5. The summed E-state index contributed by atoms with van der Waals surface area (Å²) in [5.41, 5.74) is -0.659. The topological polar surface area (TPSA) is 71.0 Å². The first kappa shape index (κ1) is 25.9. The minimum Gasteiger partial charge on any atom is -0.367 e. The second kappa shape index (κ2) is 9.68. The molecule has 6 nitrogen and oxygen atoms in total. The molecule has 3 heterocycles. The first-order chi connectivity index (χ1) is 16.8. The first-order valence-electron chi connectivity index (χ1n) is 10.9. The fraction of sp³-hybridized carbons (Fsp3) is 0.391. The van der Waals surface area contributed by atoms with Crippen LogP contribution in [0.5, 0.6) is 0 Å². The number of rotatable bonds is 5. The molecule has 4 rings (SSSR count). The fourth-order valence-electron chi connectivity index (χ4n) is 4.16. The summed E-state index contributed by atoms with van der Waals surface area (Å²) in [5.74, 6) is -4.95. The van der Waals surface area contributed by atoms with Gasteiger partial charge >= 0.3 is 6.18 Å². The van der Waals surface area contributed by atoms with Gasteiger partial charge in [0.05, 0.1) is 34.9 Å². The molecule has 192 valence electrons. The lowest BCUT2D eigenvalue weighted by molar-refractivity contribution is -0.141. The third kappa shape index (κ3) is 5.61. The number of benzene rings is 1. The molecule has 1 aromatic carbocycles. The number of hydrogen-bond donors (Lipinski definition) is 1. The van der Waals surface area contributed by atoms with Gasteiger partial charge in [0.15, 0.2) is 5.69 Å². The molecule has 13 heteroatoms. The molecule has 0 aliphatic carbocycles. The molecule has 1 aliphatic rings. The third-order valence-corrected chi connectivity index (χ3v) is 6.84. The Balaban J connectivity index is 1.60. The number of nitrogens with one attached hydrogen (secondary N) is 1. The van der Waals surface area contributed by atoms with Crippen LogP contribution in [0.4, 0.5) is 32.2 Å². The molecule has 0 spiro atoms. The molecular weight excluding hydrogens is 508 g/mol. The molecule has 2 unspecified atom stereocenters. The van der Waals surface area contributed by atoms with E-state index in [4.69, 9.17) is 0 Å². The van der Waals surface area contributed by atoms with Gasteiger partial charge in [0, 0.05) is 13.0 Å². The summed E-state index contributed by atoms with van der Waals surface area (Å²) in [6.07, 6.45) is -3.65. The predicted molar refractivity (Wildman–Crippen MR) is 121 cm³/mol. The quantitative estimate of drug-likeness (QED) is 0.432. The van der Waals surface area contributed by atoms with Crippen molar-refractivity contribution in [1.82, 2.24) is 19.9 Å². The van der Waals surface area contributed by atoms with E-state index in [1.54, 1.807) is 13.8 Å². The Labute approximate surface area is 206 Å². The summed E-state index contributed by atoms with van der Waals surface area (Å²) in [5, 5.41) is 3.34. The van der Waals surface area contributed by atoms with Crippen molar-refractivity contribution in [2.24, 2.45) is 5.92 Å². The van der Waals surface area contributed by atoms with Crippen molar-refractivity contribution in [2.45, 2.75) is 38.4 Å². The summed E-state index contributed by atoms with van der Waals surface area (Å²) in [6, 6.07) is 4.69. The molecule has 1 aliphatic heterocycles. The van der Waals surface area contributed by atoms with Gasteiger partial charge in [0.1, 0.15) is 17.3 Å². The summed E-state index contributed by atoms with van der Waals surface area (Å²) < 4.78 is 80.7. The maximum atomic E-state index is 14.5. The van der Waals surface area contributed by atoms with Crippen molar-refractivity contribution < 1.29 is 31.1 Å². The highest BCUT2D eigenvalue weighted by atomic mass is 32.1. The number of hydrogen-bond acceptors (Lipinski definition) is 6. The summed E-state index contributed by atoms with van der Waals surface area (Å²) >= 11 is 1.19. The number of carbonyl (C=O) groups excluding carboxylic acids is 1. The smallest absolute Gasteiger partial charge is 0.367 e. The van der Waals surface area contributed by atoms with Gasteiger partial charge in [-0.05, 0) is 30.5 Å². The Bertz CT molecular complexity index is 1230. The van der Waals surface area contributed by atoms with E-state index in [1.165, 1.54) is 35.6 Å². The van der Waals surface area contributed by atoms with Gasteiger partial charge in [-0.1, -0.05) is 19.1 Å². The highest BCUT2D eigenvalue weighted by molar-refractivity contribution is 7.15. The van der Waals surface area contributed by atoms with E-state index in [9.17, 15) is 31.1 Å². The van der Waals surface area contributed by atoms with Gasteiger partial charge in [-0.2, -0.15) is 13.2 Å². The van der Waals surface area contributed by atoms with Crippen molar-refractivity contribution in [3.8, 4) is 10.4 Å². The van der Waals surface area contributed by atoms with Crippen LogP contribution in [0.3, 0.4) is 0 Å². The zero-order chi connectivity index (χ0) is 26.3. The van der Waals surface area contributed by atoms with Crippen LogP contribution in [0, 0.1) is 18.7 Å². The average molecular weight is 530 g/mol. The minimum absolute atomic E-state index is 0.0106. The largest absolute Gasteiger partial charge is 0.434 e. The summed E-state index contributed by atoms with van der Waals surface area (Å²) in [4.78, 5) is 26.3. The normalized spacial score (nSPS) is 19.8. The lowest BCUT2D eigenvalue weighted by atomic mass is 9.88. The highest BCUT2D eigenvalue weighted by Crippen LogP contribution is 2.37. The van der Waals surface area contributed by atoms with E-state index < -0.39 is 54.4 Å². The molecule has 36 heavy (non-hydrogen) atoms. The van der Waals surface area contributed by atoms with Gasteiger partial charge in [0.2, 0.25) is 0 Å². The zero-order valence-electron chi connectivity index (χ0n) is 19.1. The number of aromatic nitrogens is 3. The van der Waals surface area contributed by atoms with Crippen LogP contribution in [0.15, 0.2) is 36.7 Å². The van der Waals surface area contributed by atoms with Gasteiger partial charge in [0.25, 0.3) is 11.8 Å². The van der Waals surface area contributed by atoms with E-state index in [0.29, 0.717) is 21.6 Å². The van der Waals surface area contributed by atoms with Gasteiger partial charge in [-0.3, -0.25) is 4.79 Å². The minimum atomic E-state index is -4.65. The summed E-state index contributed by atoms with van der Waals surface area (Å²) in [7, 11) is 0. The Kier molecular flexibility index (Phi) is 6.95. The third-order valence-electron chi connectivity index (χ3n) is 5.82. The van der Waals surface area contributed by atoms with Crippen molar-refractivity contribution >= 4 is 23.1 Å². The van der Waals surface area contributed by atoms with E-state index in [1.807, 2.05) is 0 Å². The number of halogens is 6. The molecular formula is C23H21F6N5OS. The molecule has 2 aromatic heterocycles. The van der Waals surface area contributed by atoms with E-state index in [0.717, 1.165) is 11.1 Å². The number of aryl methyl sites for hydroxylation is 1. The van der Waals surface area contributed by atoms with Crippen LogP contribution >= 0.6 is 11.3 Å². The van der Waals surface area contributed by atoms with Crippen LogP contribution < -0.4 is 5.32 Å². The lowest BCUT2D eigenvalue weighted by Gasteiger charge is -2.43. The molecule has 1 fully saturated rings. The second-order valence-electron chi connectivity index (χ2n) is 8.62. The standard InChI is InChI=1S/C23H21F6N5OS/c1-12-7-22(25,26)11-34(16(12)8-31-18-10-30-17(9-32-18)23(27,28)29)21(35)19-20(36-13(2)33-19)14-3-5-15(24)6-4-14/h3-6,9-10,12,16H,7-8,11H2,1-2H3,(H,31,32). The van der Waals surface area contributed by atoms with Gasteiger partial charge < -0.3 is 10.2 Å². The lowest BCUT2D eigenvalue weighted by Crippen LogP contribution is -2.57. The summed E-state index contributed by atoms with van der Waals surface area (Å²) in [6.45, 7) is 2.36. The number of piperidine rings is 1. The van der Waals surface area contributed by atoms with Crippen molar-refractivity contribution in [2.75, 3.05) is 18.4 Å². The second-order valence-corrected chi connectivity index (χ2v) is 9.82. The number of amides is 1. The first-order valence-corrected chi connectivity index (χ1v) is 11.7. The van der Waals surface area contributed by atoms with Crippen molar-refractivity contribution in [1.29, 1.82) is 0 Å².